The van der Waals surface area contributed by atoms with E-state index in [4.69, 9.17) is 5.11 Å². The van der Waals surface area contributed by atoms with Gasteiger partial charge in [-0.1, -0.05) is 6.92 Å². The molecule has 1 saturated heterocycles. The Morgan fingerprint density at radius 1 is 1.70 bits per heavy atom. The molecule has 0 bridgehead atoms. The highest BCUT2D eigenvalue weighted by atomic mass is 16.3. The molecule has 0 aromatic carbocycles. The lowest BCUT2D eigenvalue weighted by molar-refractivity contribution is 0.158. The molecule has 0 spiro atoms. The van der Waals surface area contributed by atoms with E-state index in [9.17, 15) is 0 Å². The minimum atomic E-state index is -0.166. The van der Waals surface area contributed by atoms with Crippen molar-refractivity contribution in [3.05, 3.63) is 0 Å². The van der Waals surface area contributed by atoms with E-state index in [-0.39, 0.29) is 6.10 Å². The van der Waals surface area contributed by atoms with Crippen LogP contribution in [0.3, 0.4) is 0 Å². The van der Waals surface area contributed by atoms with Crippen molar-refractivity contribution in [2.24, 2.45) is 0 Å². The molecule has 0 saturated carbocycles. The van der Waals surface area contributed by atoms with Crippen LogP contribution in [-0.4, -0.2) is 36.9 Å². The zero-order chi connectivity index (χ0) is 7.40. The molecule has 0 amide bonds. The van der Waals surface area contributed by atoms with Gasteiger partial charge in [-0.15, -0.1) is 0 Å². The van der Waals surface area contributed by atoms with Crippen molar-refractivity contribution in [2.45, 2.75) is 25.5 Å². The third-order valence-electron chi connectivity index (χ3n) is 1.89. The molecule has 1 fully saturated rings. The van der Waals surface area contributed by atoms with Crippen LogP contribution in [0.15, 0.2) is 0 Å². The molecular formula is C7H16N2O. The first-order chi connectivity index (χ1) is 4.83. The van der Waals surface area contributed by atoms with Crippen LogP contribution in [0.1, 0.15) is 13.3 Å². The van der Waals surface area contributed by atoms with E-state index in [0.29, 0.717) is 6.04 Å². The summed E-state index contributed by atoms with van der Waals surface area (Å²) in [6, 6.07) is 0.598. The number of hydrogen-bond donors (Lipinski definition) is 3. The summed E-state index contributed by atoms with van der Waals surface area (Å²) >= 11 is 0. The summed E-state index contributed by atoms with van der Waals surface area (Å²) in [7, 11) is 0. The summed E-state index contributed by atoms with van der Waals surface area (Å²) in [5.41, 5.74) is 0. The Kier molecular flexibility index (Phi) is 3.12. The topological polar surface area (TPSA) is 44.3 Å². The first-order valence-corrected chi connectivity index (χ1v) is 3.95. The van der Waals surface area contributed by atoms with Crippen LogP contribution in [0.5, 0.6) is 0 Å². The van der Waals surface area contributed by atoms with Crippen molar-refractivity contribution in [2.75, 3.05) is 19.6 Å². The molecule has 1 atom stereocenters. The summed E-state index contributed by atoms with van der Waals surface area (Å²) in [6.45, 7) is 4.83. The van der Waals surface area contributed by atoms with Crippen molar-refractivity contribution in [1.29, 1.82) is 0 Å². The second-order valence-corrected chi connectivity index (χ2v) is 2.83. The van der Waals surface area contributed by atoms with E-state index in [2.05, 4.69) is 10.6 Å². The summed E-state index contributed by atoms with van der Waals surface area (Å²) in [6.07, 6.45) is 0.674. The van der Waals surface area contributed by atoms with Crippen molar-refractivity contribution in [1.82, 2.24) is 10.6 Å². The van der Waals surface area contributed by atoms with Gasteiger partial charge in [0.15, 0.2) is 0 Å². The molecule has 3 N–H and O–H groups in total. The molecule has 1 unspecified atom stereocenters. The summed E-state index contributed by atoms with van der Waals surface area (Å²) < 4.78 is 0. The molecule has 0 aromatic heterocycles. The van der Waals surface area contributed by atoms with E-state index < -0.39 is 0 Å². The van der Waals surface area contributed by atoms with Crippen LogP contribution in [-0.2, 0) is 0 Å². The Labute approximate surface area is 61.8 Å². The van der Waals surface area contributed by atoms with E-state index in [1.165, 1.54) is 0 Å². The van der Waals surface area contributed by atoms with Gasteiger partial charge < -0.3 is 15.7 Å². The Morgan fingerprint density at radius 3 is 2.80 bits per heavy atom. The molecule has 3 heteroatoms. The number of aliphatic hydroxyl groups excluding tert-OH is 1. The maximum Gasteiger partial charge on any atom is 0.0662 e. The smallest absolute Gasteiger partial charge is 0.0662 e. The standard InChI is InChI=1S/C7H16N2O/c1-2-7(10)5-9-6-3-8-4-6/h6-10H,2-5H2,1H3. The van der Waals surface area contributed by atoms with Gasteiger partial charge in [-0.3, -0.25) is 0 Å². The Hall–Kier alpha value is -0.120. The minimum absolute atomic E-state index is 0.166. The molecule has 1 aliphatic rings. The first-order valence-electron chi connectivity index (χ1n) is 3.95. The third-order valence-corrected chi connectivity index (χ3v) is 1.89. The zero-order valence-corrected chi connectivity index (χ0v) is 6.43. The normalized spacial score (nSPS) is 22.2. The van der Waals surface area contributed by atoms with Gasteiger partial charge >= 0.3 is 0 Å². The van der Waals surface area contributed by atoms with Gasteiger partial charge in [0.25, 0.3) is 0 Å². The van der Waals surface area contributed by atoms with Crippen molar-refractivity contribution >= 4 is 0 Å². The van der Waals surface area contributed by atoms with E-state index in [1.54, 1.807) is 0 Å². The zero-order valence-electron chi connectivity index (χ0n) is 6.43. The van der Waals surface area contributed by atoms with Crippen LogP contribution in [0.4, 0.5) is 0 Å². The second kappa shape index (κ2) is 3.91. The van der Waals surface area contributed by atoms with Gasteiger partial charge in [0.05, 0.1) is 6.10 Å². The number of rotatable bonds is 4. The summed E-state index contributed by atoms with van der Waals surface area (Å²) in [5, 5.41) is 15.6. The number of nitrogens with one attached hydrogen (secondary N) is 2. The predicted molar refractivity (Wildman–Crippen MR) is 41.0 cm³/mol. The average Bonchev–Trinajstić information content (AvgIpc) is 1.84. The number of hydrogen-bond acceptors (Lipinski definition) is 3. The van der Waals surface area contributed by atoms with Gasteiger partial charge in [0.1, 0.15) is 0 Å². The van der Waals surface area contributed by atoms with Crippen LogP contribution in [0.2, 0.25) is 0 Å². The summed E-state index contributed by atoms with van der Waals surface area (Å²) in [5.74, 6) is 0. The van der Waals surface area contributed by atoms with Crippen molar-refractivity contribution in [3.63, 3.8) is 0 Å². The molecule has 3 nitrogen and oxygen atoms in total. The van der Waals surface area contributed by atoms with Gasteiger partial charge in [0, 0.05) is 25.7 Å². The van der Waals surface area contributed by atoms with E-state index in [0.717, 1.165) is 26.1 Å². The van der Waals surface area contributed by atoms with Gasteiger partial charge in [-0.05, 0) is 6.42 Å². The minimum Gasteiger partial charge on any atom is -0.392 e. The largest absolute Gasteiger partial charge is 0.392 e. The van der Waals surface area contributed by atoms with Crippen LogP contribution < -0.4 is 10.6 Å². The Balaban J connectivity index is 1.93. The number of aliphatic hydroxyl groups is 1. The maximum atomic E-state index is 9.14. The summed E-state index contributed by atoms with van der Waals surface area (Å²) in [4.78, 5) is 0. The highest BCUT2D eigenvalue weighted by molar-refractivity contribution is 4.81. The van der Waals surface area contributed by atoms with Gasteiger partial charge in [-0.2, -0.15) is 0 Å². The lowest BCUT2D eigenvalue weighted by Crippen LogP contribution is -2.56. The molecule has 0 aromatic rings. The molecule has 1 aliphatic heterocycles. The lowest BCUT2D eigenvalue weighted by atomic mass is 10.1. The second-order valence-electron chi connectivity index (χ2n) is 2.83. The predicted octanol–water partition coefficient (Wildman–Crippen LogP) is -0.681. The van der Waals surface area contributed by atoms with Crippen LogP contribution >= 0.6 is 0 Å². The average molecular weight is 144 g/mol. The van der Waals surface area contributed by atoms with Gasteiger partial charge in [0.2, 0.25) is 0 Å². The Bertz CT molecular complexity index is 88.9. The molecule has 0 aliphatic carbocycles. The van der Waals surface area contributed by atoms with Crippen molar-refractivity contribution < 1.29 is 5.11 Å². The van der Waals surface area contributed by atoms with E-state index >= 15 is 0 Å². The maximum absolute atomic E-state index is 9.14. The van der Waals surface area contributed by atoms with E-state index in [1.807, 2.05) is 6.92 Å². The molecule has 10 heavy (non-hydrogen) atoms. The lowest BCUT2D eigenvalue weighted by Gasteiger charge is -2.28. The Morgan fingerprint density at radius 2 is 2.40 bits per heavy atom. The quantitative estimate of drug-likeness (QED) is 0.490. The third kappa shape index (κ3) is 2.25. The molecule has 0 radical (unpaired) electrons. The molecule has 1 rings (SSSR count). The van der Waals surface area contributed by atoms with Gasteiger partial charge in [-0.25, -0.2) is 0 Å². The highest BCUT2D eigenvalue weighted by Gasteiger charge is 2.15. The molecular weight excluding hydrogens is 128 g/mol. The fourth-order valence-electron chi connectivity index (χ4n) is 0.880. The highest BCUT2D eigenvalue weighted by Crippen LogP contribution is 1.92. The molecule has 1 heterocycles. The SMILES string of the molecule is CCC(O)CNC1CNC1. The van der Waals surface area contributed by atoms with Crippen LogP contribution in [0.25, 0.3) is 0 Å². The monoisotopic (exact) mass is 144 g/mol. The first kappa shape index (κ1) is 7.98. The fraction of sp³-hybridized carbons (Fsp3) is 1.00. The molecule has 60 valence electrons. The van der Waals surface area contributed by atoms with Crippen molar-refractivity contribution in [3.8, 4) is 0 Å². The van der Waals surface area contributed by atoms with Crippen LogP contribution in [0, 0.1) is 0 Å². The fourth-order valence-corrected chi connectivity index (χ4v) is 0.880.